The van der Waals surface area contributed by atoms with Crippen molar-refractivity contribution in [2.75, 3.05) is 0 Å². The van der Waals surface area contributed by atoms with E-state index < -0.39 is 17.7 Å². The number of thiophene rings is 1. The maximum Gasteiger partial charge on any atom is 0.349 e. The highest BCUT2D eigenvalue weighted by Crippen LogP contribution is 2.47. The Bertz CT molecular complexity index is 1140. The summed E-state index contributed by atoms with van der Waals surface area (Å²) in [5.74, 6) is -0.392. The standard InChI is InChI=1S/C28H36O5S2/c1-16(2)28(9-8-18-14-34-15-19(18)13-29)12-23(31)25(26(32)33-28)35-24-10-17-6-7-22(30)20(17)11-21(24)27(3,4)5/h10-11,14-16,22,29-31H,6-9,12-13H2,1-5H3. The Morgan fingerprint density at radius 3 is 2.57 bits per heavy atom. The molecule has 2 aliphatic rings. The first-order chi connectivity index (χ1) is 16.4. The molecular weight excluding hydrogens is 480 g/mol. The predicted molar refractivity (Wildman–Crippen MR) is 141 cm³/mol. The topological polar surface area (TPSA) is 87.0 Å². The van der Waals surface area contributed by atoms with E-state index in [9.17, 15) is 20.1 Å². The molecule has 0 amide bonds. The van der Waals surface area contributed by atoms with Crippen LogP contribution >= 0.6 is 23.1 Å². The molecule has 7 heteroatoms. The van der Waals surface area contributed by atoms with Gasteiger partial charge in [-0.2, -0.15) is 11.3 Å². The number of carbonyl (C=O) groups excluding carboxylic acids is 1. The summed E-state index contributed by atoms with van der Waals surface area (Å²) in [5, 5.41) is 35.1. The molecular formula is C28H36O5S2. The highest BCUT2D eigenvalue weighted by Gasteiger charge is 2.45. The van der Waals surface area contributed by atoms with E-state index in [1.54, 1.807) is 11.3 Å². The smallest absolute Gasteiger partial charge is 0.349 e. The van der Waals surface area contributed by atoms with Crippen molar-refractivity contribution in [2.24, 2.45) is 5.92 Å². The minimum absolute atomic E-state index is 0.00679. The summed E-state index contributed by atoms with van der Waals surface area (Å²) in [6, 6.07) is 4.14. The number of cyclic esters (lactones) is 1. The van der Waals surface area contributed by atoms with E-state index >= 15 is 0 Å². The third-order valence-electron chi connectivity index (χ3n) is 7.39. The van der Waals surface area contributed by atoms with Crippen LogP contribution in [0.4, 0.5) is 0 Å². The molecule has 35 heavy (non-hydrogen) atoms. The first kappa shape index (κ1) is 26.3. The van der Waals surface area contributed by atoms with Crippen LogP contribution in [0.1, 0.15) is 87.8 Å². The zero-order valence-corrected chi connectivity index (χ0v) is 22.8. The monoisotopic (exact) mass is 516 g/mol. The van der Waals surface area contributed by atoms with Crippen molar-refractivity contribution in [3.05, 3.63) is 61.4 Å². The molecule has 2 unspecified atom stereocenters. The van der Waals surface area contributed by atoms with Gasteiger partial charge in [0, 0.05) is 11.3 Å². The fourth-order valence-electron chi connectivity index (χ4n) is 5.05. The summed E-state index contributed by atoms with van der Waals surface area (Å²) in [7, 11) is 0. The second-order valence-corrected chi connectivity index (χ2v) is 12.9. The molecule has 0 saturated heterocycles. The van der Waals surface area contributed by atoms with Crippen molar-refractivity contribution in [1.82, 2.24) is 0 Å². The average Bonchev–Trinajstić information content (AvgIpc) is 3.39. The van der Waals surface area contributed by atoms with E-state index in [4.69, 9.17) is 4.74 Å². The highest BCUT2D eigenvalue weighted by atomic mass is 32.2. The van der Waals surface area contributed by atoms with Gasteiger partial charge in [-0.25, -0.2) is 4.79 Å². The number of ether oxygens (including phenoxy) is 1. The van der Waals surface area contributed by atoms with Crippen LogP contribution < -0.4 is 0 Å². The fraction of sp³-hybridized carbons (Fsp3) is 0.536. The van der Waals surface area contributed by atoms with Gasteiger partial charge < -0.3 is 20.1 Å². The fourth-order valence-corrected chi connectivity index (χ4v) is 7.15. The Morgan fingerprint density at radius 1 is 1.23 bits per heavy atom. The van der Waals surface area contributed by atoms with Crippen LogP contribution in [-0.4, -0.2) is 26.9 Å². The number of aryl methyl sites for hydroxylation is 2. The maximum absolute atomic E-state index is 13.3. The Hall–Kier alpha value is -1.80. The Labute approximate surface area is 216 Å². The number of esters is 1. The van der Waals surface area contributed by atoms with Crippen molar-refractivity contribution in [3.8, 4) is 0 Å². The largest absolute Gasteiger partial charge is 0.511 e. The average molecular weight is 517 g/mol. The van der Waals surface area contributed by atoms with Gasteiger partial charge in [-0.05, 0) is 81.7 Å². The number of hydrogen-bond donors (Lipinski definition) is 3. The van der Waals surface area contributed by atoms with Crippen LogP contribution in [0.5, 0.6) is 0 Å². The second-order valence-electron chi connectivity index (χ2n) is 11.1. The van der Waals surface area contributed by atoms with Crippen molar-refractivity contribution in [2.45, 2.75) is 95.3 Å². The van der Waals surface area contributed by atoms with Crippen molar-refractivity contribution < 1.29 is 24.9 Å². The molecule has 5 nitrogen and oxygen atoms in total. The lowest BCUT2D eigenvalue weighted by Gasteiger charge is -2.40. The number of carbonyl (C=O) groups is 1. The normalized spacial score (nSPS) is 22.6. The summed E-state index contributed by atoms with van der Waals surface area (Å²) in [4.78, 5) is 14.5. The Morgan fingerprint density at radius 2 is 1.94 bits per heavy atom. The van der Waals surface area contributed by atoms with Gasteiger partial charge in [0.1, 0.15) is 16.3 Å². The molecule has 0 bridgehead atoms. The van der Waals surface area contributed by atoms with Gasteiger partial charge in [-0.15, -0.1) is 0 Å². The van der Waals surface area contributed by atoms with E-state index in [2.05, 4.69) is 32.9 Å². The third-order valence-corrected chi connectivity index (χ3v) is 9.40. The third kappa shape index (κ3) is 5.19. The van der Waals surface area contributed by atoms with E-state index in [-0.39, 0.29) is 35.0 Å². The molecule has 2 atom stereocenters. The van der Waals surface area contributed by atoms with E-state index in [0.29, 0.717) is 19.3 Å². The zero-order valence-electron chi connectivity index (χ0n) is 21.2. The van der Waals surface area contributed by atoms with Crippen molar-refractivity contribution in [1.29, 1.82) is 0 Å². The number of benzene rings is 1. The lowest BCUT2D eigenvalue weighted by Crippen LogP contribution is -2.44. The lowest BCUT2D eigenvalue weighted by atomic mass is 9.80. The van der Waals surface area contributed by atoms with Gasteiger partial charge in [0.2, 0.25) is 0 Å². The predicted octanol–water partition coefficient (Wildman–Crippen LogP) is 6.35. The van der Waals surface area contributed by atoms with Crippen LogP contribution in [0.25, 0.3) is 0 Å². The molecule has 2 heterocycles. The molecule has 1 aromatic heterocycles. The van der Waals surface area contributed by atoms with Gasteiger partial charge in [0.15, 0.2) is 0 Å². The first-order valence-corrected chi connectivity index (χ1v) is 14.0. The number of fused-ring (bicyclic) bond motifs is 1. The molecule has 2 aromatic rings. The van der Waals surface area contributed by atoms with E-state index in [0.717, 1.165) is 39.1 Å². The molecule has 1 aliphatic carbocycles. The van der Waals surface area contributed by atoms with E-state index in [1.165, 1.54) is 11.8 Å². The summed E-state index contributed by atoms with van der Waals surface area (Å²) in [6.45, 7) is 10.4. The minimum Gasteiger partial charge on any atom is -0.511 e. The van der Waals surface area contributed by atoms with Crippen LogP contribution in [0.2, 0.25) is 0 Å². The van der Waals surface area contributed by atoms with Gasteiger partial charge in [0.05, 0.1) is 12.7 Å². The summed E-state index contributed by atoms with van der Waals surface area (Å²) in [6.07, 6.45) is 2.58. The molecule has 0 spiro atoms. The first-order valence-electron chi connectivity index (χ1n) is 12.3. The number of rotatable bonds is 7. The molecule has 0 fully saturated rings. The molecule has 190 valence electrons. The van der Waals surface area contributed by atoms with Crippen molar-refractivity contribution in [3.63, 3.8) is 0 Å². The maximum atomic E-state index is 13.3. The Balaban J connectivity index is 1.63. The number of thioether (sulfide) groups is 1. The van der Waals surface area contributed by atoms with Crippen molar-refractivity contribution >= 4 is 29.1 Å². The quantitative estimate of drug-likeness (QED) is 0.372. The highest BCUT2D eigenvalue weighted by molar-refractivity contribution is 8.04. The van der Waals surface area contributed by atoms with Crippen LogP contribution in [0, 0.1) is 5.92 Å². The van der Waals surface area contributed by atoms with Crippen LogP contribution in [0.15, 0.2) is 38.5 Å². The summed E-state index contributed by atoms with van der Waals surface area (Å²) in [5.41, 5.74) is 4.10. The number of aliphatic hydroxyl groups excluding tert-OH is 3. The Kier molecular flexibility index (Phi) is 7.45. The second kappa shape index (κ2) is 9.92. The number of aliphatic hydroxyl groups is 3. The molecule has 1 aliphatic heterocycles. The molecule has 1 aromatic carbocycles. The molecule has 0 saturated carbocycles. The molecule has 3 N–H and O–H groups in total. The SMILES string of the molecule is CC(C)C1(CCc2cscc2CO)CC(O)=C(Sc2cc3c(cc2C(C)(C)C)C(O)CC3)C(=O)O1. The lowest BCUT2D eigenvalue weighted by molar-refractivity contribution is -0.164. The van der Waals surface area contributed by atoms with Gasteiger partial charge in [-0.1, -0.05) is 52.4 Å². The summed E-state index contributed by atoms with van der Waals surface area (Å²) >= 11 is 2.83. The molecule has 4 rings (SSSR count). The van der Waals surface area contributed by atoms with Gasteiger partial charge in [0.25, 0.3) is 0 Å². The van der Waals surface area contributed by atoms with E-state index in [1.807, 2.05) is 24.6 Å². The van der Waals surface area contributed by atoms with Crippen LogP contribution in [0.3, 0.4) is 0 Å². The number of hydrogen-bond acceptors (Lipinski definition) is 7. The minimum atomic E-state index is -0.797. The summed E-state index contributed by atoms with van der Waals surface area (Å²) < 4.78 is 6.12. The van der Waals surface area contributed by atoms with Crippen LogP contribution in [-0.2, 0) is 34.4 Å². The zero-order chi connectivity index (χ0) is 25.5. The van der Waals surface area contributed by atoms with Gasteiger partial charge >= 0.3 is 5.97 Å². The van der Waals surface area contributed by atoms with Gasteiger partial charge in [-0.3, -0.25) is 0 Å². The molecule has 0 radical (unpaired) electrons.